The smallest absolute Gasteiger partial charge is 0.136 e. The highest BCUT2D eigenvalue weighted by Crippen LogP contribution is 2.37. The van der Waals surface area contributed by atoms with E-state index in [2.05, 4.69) is 11.9 Å². The van der Waals surface area contributed by atoms with Gasteiger partial charge < -0.3 is 10.6 Å². The topological polar surface area (TPSA) is 46.3 Å². The molecule has 2 rings (SSSR count). The fourth-order valence-electron chi connectivity index (χ4n) is 2.61. The van der Waals surface area contributed by atoms with E-state index in [0.29, 0.717) is 24.5 Å². The number of piperidine rings is 1. The van der Waals surface area contributed by atoms with Crippen molar-refractivity contribution in [1.82, 2.24) is 4.90 Å². The van der Waals surface area contributed by atoms with E-state index in [-0.39, 0.29) is 5.54 Å². The van der Waals surface area contributed by atoms with Crippen LogP contribution in [0.4, 0.5) is 0 Å². The van der Waals surface area contributed by atoms with Crippen molar-refractivity contribution in [2.45, 2.75) is 31.2 Å². The fourth-order valence-corrected chi connectivity index (χ4v) is 2.61. The Bertz CT molecular complexity index is 219. The van der Waals surface area contributed by atoms with Gasteiger partial charge in [0.2, 0.25) is 0 Å². The van der Waals surface area contributed by atoms with Crippen LogP contribution in [0.15, 0.2) is 0 Å². The molecular weight excluding hydrogens is 164 g/mol. The Hall–Kier alpha value is -0.410. The van der Waals surface area contributed by atoms with Crippen molar-refractivity contribution in [3.8, 4) is 0 Å². The minimum Gasteiger partial charge on any atom is -0.324 e. The predicted molar refractivity (Wildman–Crippen MR) is 51.4 cm³/mol. The molecule has 0 aromatic heterocycles. The highest BCUT2D eigenvalue weighted by Gasteiger charge is 2.46. The first-order valence-corrected chi connectivity index (χ1v) is 5.09. The lowest BCUT2D eigenvalue weighted by atomic mass is 9.66. The lowest BCUT2D eigenvalue weighted by molar-refractivity contribution is -0.130. The van der Waals surface area contributed by atoms with Crippen molar-refractivity contribution in [1.29, 1.82) is 0 Å². The van der Waals surface area contributed by atoms with Gasteiger partial charge in [0.15, 0.2) is 0 Å². The minimum absolute atomic E-state index is 0.147. The lowest BCUT2D eigenvalue weighted by Crippen LogP contribution is -2.60. The molecule has 74 valence electrons. The second-order valence-corrected chi connectivity index (χ2v) is 4.73. The molecule has 13 heavy (non-hydrogen) atoms. The van der Waals surface area contributed by atoms with Crippen LogP contribution in [0.3, 0.4) is 0 Å². The second-order valence-electron chi connectivity index (χ2n) is 4.73. The molecule has 1 heterocycles. The molecule has 2 aliphatic rings. The molecule has 2 N–H and O–H groups in total. The highest BCUT2D eigenvalue weighted by atomic mass is 16.1. The minimum atomic E-state index is -0.147. The third kappa shape index (κ3) is 1.63. The molecule has 1 saturated carbocycles. The van der Waals surface area contributed by atoms with E-state index in [4.69, 9.17) is 5.73 Å². The van der Waals surface area contributed by atoms with Crippen LogP contribution >= 0.6 is 0 Å². The van der Waals surface area contributed by atoms with Crippen LogP contribution < -0.4 is 5.73 Å². The normalized spacial score (nSPS) is 34.3. The van der Waals surface area contributed by atoms with Gasteiger partial charge in [-0.15, -0.1) is 0 Å². The maximum absolute atomic E-state index is 10.9. The standard InChI is InChI=1S/C10H18N2O/c1-12-4-2-3-8(7-12)10(11)5-9(13)6-10/h8H,2-7,11H2,1H3. The molecule has 3 heteroatoms. The number of rotatable bonds is 1. The van der Waals surface area contributed by atoms with Gasteiger partial charge in [-0.3, -0.25) is 4.79 Å². The van der Waals surface area contributed by atoms with E-state index >= 15 is 0 Å². The molecule has 0 spiro atoms. The molecule has 3 nitrogen and oxygen atoms in total. The van der Waals surface area contributed by atoms with Crippen LogP contribution in [0.5, 0.6) is 0 Å². The Morgan fingerprint density at radius 2 is 2.23 bits per heavy atom. The van der Waals surface area contributed by atoms with Gasteiger partial charge in [0.25, 0.3) is 0 Å². The number of nitrogens with zero attached hydrogens (tertiary/aromatic N) is 1. The first-order valence-electron chi connectivity index (χ1n) is 5.09. The molecule has 0 radical (unpaired) electrons. The number of likely N-dealkylation sites (tertiary alicyclic amines) is 1. The lowest BCUT2D eigenvalue weighted by Gasteiger charge is -2.46. The first-order chi connectivity index (χ1) is 6.10. The van der Waals surface area contributed by atoms with E-state index in [9.17, 15) is 4.79 Å². The molecule has 0 bridgehead atoms. The van der Waals surface area contributed by atoms with Crippen molar-refractivity contribution >= 4 is 5.78 Å². The molecule has 1 atom stereocenters. The average Bonchev–Trinajstić information content (AvgIpc) is 2.02. The Balaban J connectivity index is 1.96. The molecule has 2 fully saturated rings. The molecule has 1 unspecified atom stereocenters. The summed E-state index contributed by atoms with van der Waals surface area (Å²) >= 11 is 0. The number of carbonyl (C=O) groups excluding carboxylic acids is 1. The van der Waals surface area contributed by atoms with Crippen molar-refractivity contribution < 1.29 is 4.79 Å². The van der Waals surface area contributed by atoms with Crippen LogP contribution in [0, 0.1) is 5.92 Å². The number of carbonyl (C=O) groups is 1. The number of hydrogen-bond acceptors (Lipinski definition) is 3. The molecule has 0 aromatic rings. The third-order valence-electron chi connectivity index (χ3n) is 3.49. The Kier molecular flexibility index (Phi) is 2.16. The van der Waals surface area contributed by atoms with Crippen LogP contribution in [0.2, 0.25) is 0 Å². The summed E-state index contributed by atoms with van der Waals surface area (Å²) in [6.45, 7) is 2.25. The molecule has 1 aliphatic carbocycles. The van der Waals surface area contributed by atoms with Crippen LogP contribution in [0.1, 0.15) is 25.7 Å². The summed E-state index contributed by atoms with van der Waals surface area (Å²) in [6, 6.07) is 0. The molecular formula is C10H18N2O. The summed E-state index contributed by atoms with van der Waals surface area (Å²) in [4.78, 5) is 13.3. The monoisotopic (exact) mass is 182 g/mol. The van der Waals surface area contributed by atoms with E-state index in [0.717, 1.165) is 6.54 Å². The zero-order chi connectivity index (χ0) is 9.47. The van der Waals surface area contributed by atoms with Gasteiger partial charge in [-0.05, 0) is 32.4 Å². The summed E-state index contributed by atoms with van der Waals surface area (Å²) in [5.74, 6) is 0.889. The van der Waals surface area contributed by atoms with Crippen LogP contribution in [0.25, 0.3) is 0 Å². The largest absolute Gasteiger partial charge is 0.324 e. The third-order valence-corrected chi connectivity index (χ3v) is 3.49. The number of nitrogens with two attached hydrogens (primary N) is 1. The van der Waals surface area contributed by atoms with Crippen LogP contribution in [-0.2, 0) is 4.79 Å². The van der Waals surface area contributed by atoms with Crippen molar-refractivity contribution in [3.05, 3.63) is 0 Å². The zero-order valence-electron chi connectivity index (χ0n) is 8.25. The van der Waals surface area contributed by atoms with Gasteiger partial charge >= 0.3 is 0 Å². The number of hydrogen-bond donors (Lipinski definition) is 1. The Morgan fingerprint density at radius 3 is 2.77 bits per heavy atom. The summed E-state index contributed by atoms with van der Waals surface area (Å²) in [5.41, 5.74) is 6.04. The van der Waals surface area contributed by atoms with Crippen molar-refractivity contribution in [3.63, 3.8) is 0 Å². The van der Waals surface area contributed by atoms with E-state index < -0.39 is 0 Å². The van der Waals surface area contributed by atoms with Gasteiger partial charge in [0, 0.05) is 24.9 Å². The first kappa shape index (κ1) is 9.16. The fraction of sp³-hybridized carbons (Fsp3) is 0.900. The SMILES string of the molecule is CN1CCCC(C2(N)CC(=O)C2)C1. The zero-order valence-corrected chi connectivity index (χ0v) is 8.25. The Labute approximate surface area is 79.3 Å². The average molecular weight is 182 g/mol. The number of ketones is 1. The second kappa shape index (κ2) is 3.07. The molecule has 1 saturated heterocycles. The summed E-state index contributed by atoms with van der Waals surface area (Å²) in [5, 5.41) is 0. The quantitative estimate of drug-likeness (QED) is 0.638. The highest BCUT2D eigenvalue weighted by molar-refractivity contribution is 5.87. The van der Waals surface area contributed by atoms with Crippen LogP contribution in [-0.4, -0.2) is 36.4 Å². The van der Waals surface area contributed by atoms with E-state index in [1.807, 2.05) is 0 Å². The predicted octanol–water partition coefficient (Wildman–Crippen LogP) is 0.389. The molecule has 0 amide bonds. The summed E-state index contributed by atoms with van der Waals surface area (Å²) in [7, 11) is 2.13. The van der Waals surface area contributed by atoms with Gasteiger partial charge in [0.1, 0.15) is 5.78 Å². The van der Waals surface area contributed by atoms with Crippen molar-refractivity contribution in [2.24, 2.45) is 11.7 Å². The van der Waals surface area contributed by atoms with Crippen molar-refractivity contribution in [2.75, 3.05) is 20.1 Å². The number of Topliss-reactive ketones (excluding diaryl/α,β-unsaturated/α-hetero) is 1. The molecule has 0 aromatic carbocycles. The van der Waals surface area contributed by atoms with E-state index in [1.165, 1.54) is 19.4 Å². The summed E-state index contributed by atoms with van der Waals surface area (Å²) in [6.07, 6.45) is 3.67. The summed E-state index contributed by atoms with van der Waals surface area (Å²) < 4.78 is 0. The van der Waals surface area contributed by atoms with E-state index in [1.54, 1.807) is 0 Å². The van der Waals surface area contributed by atoms with Gasteiger partial charge in [-0.2, -0.15) is 0 Å². The van der Waals surface area contributed by atoms with Gasteiger partial charge in [0.05, 0.1) is 0 Å². The molecule has 1 aliphatic heterocycles. The van der Waals surface area contributed by atoms with Gasteiger partial charge in [-0.1, -0.05) is 0 Å². The maximum Gasteiger partial charge on any atom is 0.136 e. The Morgan fingerprint density at radius 1 is 1.54 bits per heavy atom. The maximum atomic E-state index is 10.9. The van der Waals surface area contributed by atoms with Gasteiger partial charge in [-0.25, -0.2) is 0 Å².